The van der Waals surface area contributed by atoms with Crippen LogP contribution in [-0.2, 0) is 12.2 Å². The number of hydrogen-bond donors (Lipinski definition) is 1. The Bertz CT molecular complexity index is 475. The molecule has 2 atom stereocenters. The Balaban J connectivity index is 1.73. The highest BCUT2D eigenvalue weighted by Crippen LogP contribution is 2.33. The zero-order valence-electron chi connectivity index (χ0n) is 11.9. The molecule has 0 aromatic carbocycles. The van der Waals surface area contributed by atoms with Gasteiger partial charge in [0.15, 0.2) is 0 Å². The fraction of sp³-hybridized carbons (Fsp3) is 0.667. The molecule has 0 saturated carbocycles. The van der Waals surface area contributed by atoms with Crippen LogP contribution in [0.1, 0.15) is 39.9 Å². The number of likely N-dealkylation sites (tertiary alicyclic amines) is 1. The van der Waals surface area contributed by atoms with E-state index in [1.165, 1.54) is 16.2 Å². The van der Waals surface area contributed by atoms with Gasteiger partial charge in [0.25, 0.3) is 5.91 Å². The Labute approximate surface area is 128 Å². The number of nitrogens with two attached hydrogens (primary N) is 1. The van der Waals surface area contributed by atoms with Crippen molar-refractivity contribution in [1.29, 1.82) is 0 Å². The fourth-order valence-corrected chi connectivity index (χ4v) is 5.37. The number of piperidine rings is 1. The molecule has 2 aliphatic rings. The zero-order chi connectivity index (χ0) is 14.1. The standard InChI is InChI=1S/C15H22N2OS2/c1-10(16)11-3-2-5-17(8-11)15(18)14-7-12-9-19-6-4-13(12)20-14/h7,10-11H,2-6,8-9,16H2,1H3. The summed E-state index contributed by atoms with van der Waals surface area (Å²) in [5, 5.41) is 0. The second-order valence-corrected chi connectivity index (χ2v) is 8.12. The molecule has 0 bridgehead atoms. The van der Waals surface area contributed by atoms with Gasteiger partial charge in [-0.1, -0.05) is 0 Å². The van der Waals surface area contributed by atoms with Crippen LogP contribution in [0.2, 0.25) is 0 Å². The van der Waals surface area contributed by atoms with Crippen LogP contribution in [-0.4, -0.2) is 35.7 Å². The molecule has 3 rings (SSSR count). The van der Waals surface area contributed by atoms with Crippen LogP contribution in [0.3, 0.4) is 0 Å². The summed E-state index contributed by atoms with van der Waals surface area (Å²) in [6.45, 7) is 3.77. The zero-order valence-corrected chi connectivity index (χ0v) is 13.6. The molecule has 0 spiro atoms. The lowest BCUT2D eigenvalue weighted by Crippen LogP contribution is -2.44. The van der Waals surface area contributed by atoms with Crippen molar-refractivity contribution in [3.63, 3.8) is 0 Å². The second kappa shape index (κ2) is 6.08. The normalized spacial score (nSPS) is 24.3. The van der Waals surface area contributed by atoms with Gasteiger partial charge in [-0.15, -0.1) is 11.3 Å². The van der Waals surface area contributed by atoms with E-state index in [9.17, 15) is 4.79 Å². The van der Waals surface area contributed by atoms with Gasteiger partial charge in [-0.05, 0) is 49.5 Å². The molecule has 5 heteroatoms. The maximum Gasteiger partial charge on any atom is 0.263 e. The summed E-state index contributed by atoms with van der Waals surface area (Å²) in [6.07, 6.45) is 3.36. The summed E-state index contributed by atoms with van der Waals surface area (Å²) in [5.74, 6) is 2.94. The fourth-order valence-electron chi connectivity index (χ4n) is 3.03. The number of carbonyl (C=O) groups excluding carboxylic acids is 1. The van der Waals surface area contributed by atoms with Crippen LogP contribution in [0.15, 0.2) is 6.07 Å². The third-order valence-corrected chi connectivity index (χ3v) is 6.56. The Kier molecular flexibility index (Phi) is 4.38. The first-order valence-corrected chi connectivity index (χ1v) is 9.36. The molecule has 1 fully saturated rings. The van der Waals surface area contributed by atoms with E-state index < -0.39 is 0 Å². The third kappa shape index (κ3) is 2.90. The van der Waals surface area contributed by atoms with Crippen molar-refractivity contribution in [2.24, 2.45) is 11.7 Å². The molecule has 3 heterocycles. The molecule has 20 heavy (non-hydrogen) atoms. The summed E-state index contributed by atoms with van der Waals surface area (Å²) in [4.78, 5) is 17.0. The average molecular weight is 310 g/mol. The van der Waals surface area contributed by atoms with Gasteiger partial charge < -0.3 is 10.6 Å². The first-order chi connectivity index (χ1) is 9.65. The molecular weight excluding hydrogens is 288 g/mol. The lowest BCUT2D eigenvalue weighted by atomic mass is 9.92. The van der Waals surface area contributed by atoms with Crippen LogP contribution >= 0.6 is 23.1 Å². The Morgan fingerprint density at radius 1 is 1.55 bits per heavy atom. The van der Waals surface area contributed by atoms with E-state index >= 15 is 0 Å². The van der Waals surface area contributed by atoms with E-state index in [0.717, 1.165) is 43.0 Å². The molecule has 2 N–H and O–H groups in total. The van der Waals surface area contributed by atoms with E-state index in [2.05, 4.69) is 13.0 Å². The SMILES string of the molecule is CC(N)C1CCCN(C(=O)c2cc3c(s2)CCSC3)C1. The highest BCUT2D eigenvalue weighted by atomic mass is 32.2. The third-order valence-electron chi connectivity index (χ3n) is 4.33. The Morgan fingerprint density at radius 3 is 3.15 bits per heavy atom. The summed E-state index contributed by atoms with van der Waals surface area (Å²) >= 11 is 3.68. The van der Waals surface area contributed by atoms with Crippen LogP contribution in [0.5, 0.6) is 0 Å². The molecule has 110 valence electrons. The number of rotatable bonds is 2. The number of thioether (sulfide) groups is 1. The number of nitrogens with zero attached hydrogens (tertiary/aromatic N) is 1. The number of carbonyl (C=O) groups is 1. The lowest BCUT2D eigenvalue weighted by molar-refractivity contribution is 0.0666. The monoisotopic (exact) mass is 310 g/mol. The topological polar surface area (TPSA) is 46.3 Å². The number of fused-ring (bicyclic) bond motifs is 1. The van der Waals surface area contributed by atoms with Crippen LogP contribution in [0, 0.1) is 5.92 Å². The second-order valence-electron chi connectivity index (χ2n) is 5.87. The maximum absolute atomic E-state index is 12.7. The van der Waals surface area contributed by atoms with Gasteiger partial charge in [0.05, 0.1) is 4.88 Å². The van der Waals surface area contributed by atoms with Crippen molar-refractivity contribution in [2.75, 3.05) is 18.8 Å². The first-order valence-electron chi connectivity index (χ1n) is 7.39. The molecule has 0 radical (unpaired) electrons. The molecular formula is C15H22N2OS2. The smallest absolute Gasteiger partial charge is 0.263 e. The van der Waals surface area contributed by atoms with Gasteiger partial charge in [-0.25, -0.2) is 0 Å². The maximum atomic E-state index is 12.7. The van der Waals surface area contributed by atoms with E-state index in [-0.39, 0.29) is 11.9 Å². The van der Waals surface area contributed by atoms with Crippen molar-refractivity contribution in [2.45, 2.75) is 38.0 Å². The van der Waals surface area contributed by atoms with Gasteiger partial charge in [-0.3, -0.25) is 4.79 Å². The summed E-state index contributed by atoms with van der Waals surface area (Å²) in [5.41, 5.74) is 7.39. The first kappa shape index (κ1) is 14.4. The highest BCUT2D eigenvalue weighted by Gasteiger charge is 2.28. The summed E-state index contributed by atoms with van der Waals surface area (Å²) < 4.78 is 0. The quantitative estimate of drug-likeness (QED) is 0.913. The molecule has 3 nitrogen and oxygen atoms in total. The van der Waals surface area contributed by atoms with Gasteiger partial charge in [0.1, 0.15) is 0 Å². The number of aryl methyl sites for hydroxylation is 1. The van der Waals surface area contributed by atoms with Crippen LogP contribution in [0.25, 0.3) is 0 Å². The van der Waals surface area contributed by atoms with E-state index in [4.69, 9.17) is 5.73 Å². The predicted molar refractivity (Wildman–Crippen MR) is 86.5 cm³/mol. The van der Waals surface area contributed by atoms with E-state index in [1.54, 1.807) is 11.3 Å². The molecule has 1 aromatic heterocycles. The summed E-state index contributed by atoms with van der Waals surface area (Å²) in [6, 6.07) is 2.31. The van der Waals surface area contributed by atoms with Gasteiger partial charge >= 0.3 is 0 Å². The van der Waals surface area contributed by atoms with E-state index in [1.807, 2.05) is 16.7 Å². The summed E-state index contributed by atoms with van der Waals surface area (Å²) in [7, 11) is 0. The van der Waals surface area contributed by atoms with Crippen LogP contribution < -0.4 is 5.73 Å². The molecule has 2 aliphatic heterocycles. The number of amides is 1. The molecule has 1 amide bonds. The van der Waals surface area contributed by atoms with Crippen molar-refractivity contribution in [1.82, 2.24) is 4.90 Å². The average Bonchev–Trinajstić information content (AvgIpc) is 2.90. The Hall–Kier alpha value is -0.520. The lowest BCUT2D eigenvalue weighted by Gasteiger charge is -2.34. The van der Waals surface area contributed by atoms with Crippen molar-refractivity contribution >= 4 is 29.0 Å². The minimum Gasteiger partial charge on any atom is -0.338 e. The number of thiophene rings is 1. The number of hydrogen-bond acceptors (Lipinski definition) is 4. The molecule has 0 aliphatic carbocycles. The molecule has 1 aromatic rings. The minimum absolute atomic E-state index is 0.179. The van der Waals surface area contributed by atoms with Crippen molar-refractivity contribution < 1.29 is 4.79 Å². The highest BCUT2D eigenvalue weighted by molar-refractivity contribution is 7.98. The van der Waals surface area contributed by atoms with Crippen molar-refractivity contribution in [3.05, 3.63) is 21.4 Å². The van der Waals surface area contributed by atoms with Gasteiger partial charge in [0.2, 0.25) is 0 Å². The van der Waals surface area contributed by atoms with Gasteiger partial charge in [-0.2, -0.15) is 11.8 Å². The minimum atomic E-state index is 0.179. The Morgan fingerprint density at radius 2 is 2.40 bits per heavy atom. The van der Waals surface area contributed by atoms with Gasteiger partial charge in [0, 0.05) is 29.8 Å². The van der Waals surface area contributed by atoms with Crippen LogP contribution in [0.4, 0.5) is 0 Å². The van der Waals surface area contributed by atoms with Crippen molar-refractivity contribution in [3.8, 4) is 0 Å². The molecule has 2 unspecified atom stereocenters. The largest absolute Gasteiger partial charge is 0.338 e. The predicted octanol–water partition coefficient (Wildman–Crippen LogP) is 2.74. The van der Waals surface area contributed by atoms with E-state index in [0.29, 0.717) is 5.92 Å². The molecule has 1 saturated heterocycles.